The number of thioether (sulfide) groups is 1. The lowest BCUT2D eigenvalue weighted by molar-refractivity contribution is -0.858. The van der Waals surface area contributed by atoms with Crippen molar-refractivity contribution in [3.63, 3.8) is 0 Å². The SMILES string of the molecule is Cc1ccc(/C=C2\SC(=S)N(CCC(=O)OCC[NH+](C)C)C2=O)cc1. The van der Waals surface area contributed by atoms with E-state index >= 15 is 0 Å². The largest absolute Gasteiger partial charge is 0.460 e. The van der Waals surface area contributed by atoms with Crippen molar-refractivity contribution in [2.45, 2.75) is 13.3 Å². The molecule has 0 saturated carbocycles. The van der Waals surface area contributed by atoms with E-state index in [1.54, 1.807) is 0 Å². The lowest BCUT2D eigenvalue weighted by atomic mass is 10.1. The second kappa shape index (κ2) is 9.12. The molecule has 1 aliphatic heterocycles. The molecule has 5 nitrogen and oxygen atoms in total. The fourth-order valence-electron chi connectivity index (χ4n) is 2.15. The molecule has 1 saturated heterocycles. The summed E-state index contributed by atoms with van der Waals surface area (Å²) in [4.78, 5) is 27.5. The number of nitrogens with zero attached hydrogens (tertiary/aromatic N) is 1. The quantitative estimate of drug-likeness (QED) is 0.439. The van der Waals surface area contributed by atoms with Crippen molar-refractivity contribution in [3.05, 3.63) is 40.3 Å². The zero-order chi connectivity index (χ0) is 18.4. The Hall–Kier alpha value is -1.70. The Morgan fingerprint density at radius 1 is 1.32 bits per heavy atom. The fourth-order valence-corrected chi connectivity index (χ4v) is 3.46. The number of benzene rings is 1. The van der Waals surface area contributed by atoms with Crippen LogP contribution in [0.4, 0.5) is 0 Å². The number of hydrogen-bond acceptors (Lipinski definition) is 5. The Labute approximate surface area is 158 Å². The molecule has 0 unspecified atom stereocenters. The Kier molecular flexibility index (Phi) is 7.16. The van der Waals surface area contributed by atoms with Crippen molar-refractivity contribution < 1.29 is 19.2 Å². The molecule has 1 N–H and O–H groups in total. The fraction of sp³-hybridized carbons (Fsp3) is 0.389. The molecule has 7 heteroatoms. The van der Waals surface area contributed by atoms with Crippen LogP contribution in [0.2, 0.25) is 0 Å². The van der Waals surface area contributed by atoms with Gasteiger partial charge < -0.3 is 9.64 Å². The Bertz CT molecular complexity index is 684. The van der Waals surface area contributed by atoms with Crippen LogP contribution in [0.15, 0.2) is 29.2 Å². The third-order valence-electron chi connectivity index (χ3n) is 3.65. The van der Waals surface area contributed by atoms with Crippen molar-refractivity contribution in [1.82, 2.24) is 4.90 Å². The molecule has 134 valence electrons. The van der Waals surface area contributed by atoms with Gasteiger partial charge in [0.05, 0.1) is 25.4 Å². The van der Waals surface area contributed by atoms with Gasteiger partial charge in [-0.3, -0.25) is 14.5 Å². The number of rotatable bonds is 7. The maximum atomic E-state index is 12.5. The van der Waals surface area contributed by atoms with Crippen LogP contribution in [0.3, 0.4) is 0 Å². The average Bonchev–Trinajstić information content (AvgIpc) is 2.81. The van der Waals surface area contributed by atoms with E-state index in [1.807, 2.05) is 51.4 Å². The van der Waals surface area contributed by atoms with Crippen LogP contribution in [-0.2, 0) is 14.3 Å². The summed E-state index contributed by atoms with van der Waals surface area (Å²) in [6.45, 7) is 3.41. The molecule has 0 bridgehead atoms. The predicted molar refractivity (Wildman–Crippen MR) is 104 cm³/mol. The first-order valence-corrected chi connectivity index (χ1v) is 9.36. The third kappa shape index (κ3) is 5.95. The first kappa shape index (κ1) is 19.6. The van der Waals surface area contributed by atoms with Crippen molar-refractivity contribution in [2.24, 2.45) is 0 Å². The minimum Gasteiger partial charge on any atom is -0.460 e. The van der Waals surface area contributed by atoms with Crippen LogP contribution in [0.1, 0.15) is 17.5 Å². The molecule has 1 heterocycles. The van der Waals surface area contributed by atoms with Crippen molar-refractivity contribution >= 4 is 46.3 Å². The van der Waals surface area contributed by atoms with Crippen LogP contribution >= 0.6 is 24.0 Å². The molecule has 0 radical (unpaired) electrons. The predicted octanol–water partition coefficient (Wildman–Crippen LogP) is 1.27. The maximum Gasteiger partial charge on any atom is 0.307 e. The summed E-state index contributed by atoms with van der Waals surface area (Å²) >= 11 is 6.54. The monoisotopic (exact) mass is 379 g/mol. The number of nitrogens with one attached hydrogen (secondary N) is 1. The van der Waals surface area contributed by atoms with Crippen LogP contribution in [0.5, 0.6) is 0 Å². The number of thiocarbonyl (C=S) groups is 1. The minimum atomic E-state index is -0.308. The van der Waals surface area contributed by atoms with E-state index in [0.29, 0.717) is 15.8 Å². The standard InChI is InChI=1S/C18H22N2O3S2/c1-13-4-6-14(7-5-13)12-15-17(22)20(18(24)25-15)9-8-16(21)23-11-10-19(2)3/h4-7,12H,8-11H2,1-3H3/p+1/b15-12-. The summed E-state index contributed by atoms with van der Waals surface area (Å²) < 4.78 is 5.63. The normalized spacial score (nSPS) is 16.2. The second-order valence-electron chi connectivity index (χ2n) is 6.17. The first-order chi connectivity index (χ1) is 11.9. The molecule has 0 aliphatic carbocycles. The molecular weight excluding hydrogens is 356 g/mol. The molecule has 1 aromatic carbocycles. The average molecular weight is 380 g/mol. The molecule has 1 fully saturated rings. The number of amides is 1. The smallest absolute Gasteiger partial charge is 0.307 e. The Morgan fingerprint density at radius 2 is 2.00 bits per heavy atom. The molecule has 1 aliphatic rings. The van der Waals surface area contributed by atoms with Crippen LogP contribution in [0, 0.1) is 6.92 Å². The highest BCUT2D eigenvalue weighted by Gasteiger charge is 2.32. The molecule has 0 atom stereocenters. The number of esters is 1. The van der Waals surface area contributed by atoms with E-state index in [-0.39, 0.29) is 24.8 Å². The lowest BCUT2D eigenvalue weighted by Crippen LogP contribution is -3.06. The maximum absolute atomic E-state index is 12.5. The summed E-state index contributed by atoms with van der Waals surface area (Å²) in [5, 5.41) is 0. The van der Waals surface area contributed by atoms with E-state index in [2.05, 4.69) is 0 Å². The second-order valence-corrected chi connectivity index (χ2v) is 7.85. The highest BCUT2D eigenvalue weighted by molar-refractivity contribution is 8.26. The molecule has 0 spiro atoms. The first-order valence-electron chi connectivity index (χ1n) is 8.13. The van der Waals surface area contributed by atoms with Gasteiger partial charge in [0, 0.05) is 6.54 Å². The van der Waals surface area contributed by atoms with E-state index in [1.165, 1.54) is 27.1 Å². The van der Waals surface area contributed by atoms with Gasteiger partial charge in [-0.05, 0) is 18.6 Å². The van der Waals surface area contributed by atoms with E-state index in [9.17, 15) is 9.59 Å². The summed E-state index contributed by atoms with van der Waals surface area (Å²) in [6, 6.07) is 7.92. The van der Waals surface area contributed by atoms with Crippen molar-refractivity contribution in [2.75, 3.05) is 33.8 Å². The molecule has 1 aromatic rings. The van der Waals surface area contributed by atoms with Gasteiger partial charge in [-0.15, -0.1) is 0 Å². The molecule has 2 rings (SSSR count). The van der Waals surface area contributed by atoms with E-state index in [0.717, 1.165) is 12.1 Å². The third-order valence-corrected chi connectivity index (χ3v) is 5.03. The number of likely N-dealkylation sites (N-methyl/N-ethyl adjacent to an activating group) is 1. The summed E-state index contributed by atoms with van der Waals surface area (Å²) in [5.74, 6) is -0.459. The Morgan fingerprint density at radius 3 is 2.64 bits per heavy atom. The highest BCUT2D eigenvalue weighted by Crippen LogP contribution is 2.32. The van der Waals surface area contributed by atoms with Gasteiger partial charge in [0.1, 0.15) is 17.5 Å². The summed E-state index contributed by atoms with van der Waals surface area (Å²) in [5.41, 5.74) is 2.12. The summed E-state index contributed by atoms with van der Waals surface area (Å²) in [7, 11) is 3.99. The minimum absolute atomic E-state index is 0.146. The van der Waals surface area contributed by atoms with Crippen LogP contribution < -0.4 is 4.90 Å². The van der Waals surface area contributed by atoms with Gasteiger partial charge in [-0.1, -0.05) is 53.8 Å². The lowest BCUT2D eigenvalue weighted by Gasteiger charge is -2.14. The van der Waals surface area contributed by atoms with Crippen LogP contribution in [0.25, 0.3) is 6.08 Å². The number of ether oxygens (including phenoxy) is 1. The van der Waals surface area contributed by atoms with Gasteiger partial charge in [-0.25, -0.2) is 0 Å². The van der Waals surface area contributed by atoms with Crippen molar-refractivity contribution in [3.8, 4) is 0 Å². The zero-order valence-corrected chi connectivity index (χ0v) is 16.3. The van der Waals surface area contributed by atoms with E-state index in [4.69, 9.17) is 17.0 Å². The highest BCUT2D eigenvalue weighted by atomic mass is 32.2. The number of quaternary nitrogens is 1. The molecule has 25 heavy (non-hydrogen) atoms. The Balaban J connectivity index is 1.90. The van der Waals surface area contributed by atoms with Crippen LogP contribution in [-0.4, -0.2) is 54.9 Å². The van der Waals surface area contributed by atoms with E-state index < -0.39 is 0 Å². The number of carbonyl (C=O) groups is 2. The van der Waals surface area contributed by atoms with Crippen molar-refractivity contribution in [1.29, 1.82) is 0 Å². The number of hydrogen-bond donors (Lipinski definition) is 1. The summed E-state index contributed by atoms with van der Waals surface area (Å²) in [6.07, 6.45) is 1.98. The number of carbonyl (C=O) groups excluding carboxylic acids is 2. The number of aryl methyl sites for hydroxylation is 1. The molecule has 1 amide bonds. The van der Waals surface area contributed by atoms with Gasteiger partial charge in [0.2, 0.25) is 0 Å². The van der Waals surface area contributed by atoms with Gasteiger partial charge in [-0.2, -0.15) is 0 Å². The van der Waals surface area contributed by atoms with Gasteiger partial charge >= 0.3 is 5.97 Å². The molecule has 0 aromatic heterocycles. The zero-order valence-electron chi connectivity index (χ0n) is 14.7. The van der Waals surface area contributed by atoms with Gasteiger partial charge in [0.25, 0.3) is 5.91 Å². The topological polar surface area (TPSA) is 51.1 Å². The van der Waals surface area contributed by atoms with Gasteiger partial charge in [0.15, 0.2) is 0 Å². The molecular formula is C18H23N2O3S2+.